The number of carbonyl (C=O) groups is 1. The summed E-state index contributed by atoms with van der Waals surface area (Å²) in [5.41, 5.74) is 7.83. The number of ether oxygens (including phenoxy) is 1. The third-order valence-corrected chi connectivity index (χ3v) is 2.02. The van der Waals surface area contributed by atoms with Crippen molar-refractivity contribution in [3.05, 3.63) is 29.3 Å². The molecule has 0 radical (unpaired) electrons. The quantitative estimate of drug-likeness (QED) is 0.829. The van der Waals surface area contributed by atoms with E-state index < -0.39 is 11.7 Å². The molecule has 17 heavy (non-hydrogen) atoms. The van der Waals surface area contributed by atoms with Crippen molar-refractivity contribution in [2.45, 2.75) is 39.8 Å². The summed E-state index contributed by atoms with van der Waals surface area (Å²) >= 11 is 0. The van der Waals surface area contributed by atoms with Gasteiger partial charge in [0, 0.05) is 12.2 Å². The van der Waals surface area contributed by atoms with Crippen molar-refractivity contribution in [2.24, 2.45) is 5.73 Å². The molecule has 0 atom stereocenters. The lowest BCUT2D eigenvalue weighted by atomic mass is 10.1. The first-order valence-corrected chi connectivity index (χ1v) is 5.61. The van der Waals surface area contributed by atoms with E-state index in [1.165, 1.54) is 0 Å². The van der Waals surface area contributed by atoms with Crippen molar-refractivity contribution in [1.29, 1.82) is 0 Å². The van der Waals surface area contributed by atoms with Gasteiger partial charge in [0.1, 0.15) is 5.60 Å². The lowest BCUT2D eigenvalue weighted by molar-refractivity contribution is 0.0636. The van der Waals surface area contributed by atoms with Gasteiger partial charge in [-0.05, 0) is 51.0 Å². The van der Waals surface area contributed by atoms with Crippen molar-refractivity contribution in [1.82, 2.24) is 0 Å². The van der Waals surface area contributed by atoms with Crippen molar-refractivity contribution >= 4 is 11.8 Å². The van der Waals surface area contributed by atoms with Crippen LogP contribution in [-0.4, -0.2) is 11.7 Å². The van der Waals surface area contributed by atoms with Crippen LogP contribution in [0.2, 0.25) is 0 Å². The number of nitrogens with two attached hydrogens (primary N) is 1. The predicted molar refractivity (Wildman–Crippen MR) is 68.9 cm³/mol. The number of benzene rings is 1. The van der Waals surface area contributed by atoms with Crippen molar-refractivity contribution in [2.75, 3.05) is 5.32 Å². The molecule has 94 valence electrons. The first-order valence-electron chi connectivity index (χ1n) is 5.61. The van der Waals surface area contributed by atoms with Gasteiger partial charge in [0.2, 0.25) is 0 Å². The van der Waals surface area contributed by atoms with Crippen LogP contribution in [-0.2, 0) is 11.3 Å². The Morgan fingerprint density at radius 3 is 2.53 bits per heavy atom. The fourth-order valence-corrected chi connectivity index (χ4v) is 1.47. The highest BCUT2D eigenvalue weighted by Crippen LogP contribution is 2.16. The highest BCUT2D eigenvalue weighted by molar-refractivity contribution is 5.85. The average molecular weight is 236 g/mol. The summed E-state index contributed by atoms with van der Waals surface area (Å²) in [7, 11) is 0. The van der Waals surface area contributed by atoms with E-state index in [4.69, 9.17) is 10.5 Å². The van der Waals surface area contributed by atoms with E-state index in [0.29, 0.717) is 12.2 Å². The van der Waals surface area contributed by atoms with Crippen LogP contribution in [0.4, 0.5) is 10.5 Å². The van der Waals surface area contributed by atoms with Crippen molar-refractivity contribution in [3.8, 4) is 0 Å². The van der Waals surface area contributed by atoms with E-state index in [1.54, 1.807) is 0 Å². The Bertz CT molecular complexity index is 408. The van der Waals surface area contributed by atoms with Gasteiger partial charge in [0.05, 0.1) is 0 Å². The SMILES string of the molecule is Cc1cc(CN)cc(NC(=O)OC(C)(C)C)c1. The van der Waals surface area contributed by atoms with E-state index in [1.807, 2.05) is 45.9 Å². The van der Waals surface area contributed by atoms with Crippen LogP contribution in [0.5, 0.6) is 0 Å². The molecule has 0 bridgehead atoms. The molecule has 0 aliphatic rings. The summed E-state index contributed by atoms with van der Waals surface area (Å²) in [5, 5.41) is 2.70. The van der Waals surface area contributed by atoms with Crippen LogP contribution < -0.4 is 11.1 Å². The molecule has 0 aliphatic carbocycles. The molecule has 0 unspecified atom stereocenters. The van der Waals surface area contributed by atoms with E-state index in [9.17, 15) is 4.79 Å². The standard InChI is InChI=1S/C13H20N2O2/c1-9-5-10(8-14)7-11(6-9)15-12(16)17-13(2,3)4/h5-7H,8,14H2,1-4H3,(H,15,16). The molecule has 1 aromatic rings. The first kappa shape index (κ1) is 13.5. The summed E-state index contributed by atoms with van der Waals surface area (Å²) in [6.07, 6.45) is -0.453. The van der Waals surface area contributed by atoms with Gasteiger partial charge in [-0.2, -0.15) is 0 Å². The van der Waals surface area contributed by atoms with E-state index in [-0.39, 0.29) is 0 Å². The molecule has 4 nitrogen and oxygen atoms in total. The molecular formula is C13H20N2O2. The number of aryl methyl sites for hydroxylation is 1. The molecule has 1 amide bonds. The number of nitrogens with one attached hydrogen (secondary N) is 1. The Morgan fingerprint density at radius 2 is 2.00 bits per heavy atom. The van der Waals surface area contributed by atoms with E-state index in [0.717, 1.165) is 11.1 Å². The number of hydrogen-bond acceptors (Lipinski definition) is 3. The smallest absolute Gasteiger partial charge is 0.412 e. The maximum atomic E-state index is 11.6. The molecule has 3 N–H and O–H groups in total. The molecule has 4 heteroatoms. The second-order valence-corrected chi connectivity index (χ2v) is 5.04. The monoisotopic (exact) mass is 236 g/mol. The zero-order chi connectivity index (χ0) is 13.1. The van der Waals surface area contributed by atoms with Gasteiger partial charge >= 0.3 is 6.09 Å². The van der Waals surface area contributed by atoms with E-state index >= 15 is 0 Å². The molecule has 0 saturated heterocycles. The van der Waals surface area contributed by atoms with Crippen molar-refractivity contribution < 1.29 is 9.53 Å². The fraction of sp³-hybridized carbons (Fsp3) is 0.462. The lowest BCUT2D eigenvalue weighted by Gasteiger charge is -2.20. The van der Waals surface area contributed by atoms with Crippen LogP contribution in [0, 0.1) is 6.92 Å². The van der Waals surface area contributed by atoms with Gasteiger partial charge < -0.3 is 10.5 Å². The van der Waals surface area contributed by atoms with Crippen LogP contribution in [0.15, 0.2) is 18.2 Å². The predicted octanol–water partition coefficient (Wildman–Crippen LogP) is 2.80. The topological polar surface area (TPSA) is 64.3 Å². The Morgan fingerprint density at radius 1 is 1.35 bits per heavy atom. The zero-order valence-electron chi connectivity index (χ0n) is 10.8. The number of anilines is 1. The normalized spacial score (nSPS) is 11.1. The third-order valence-electron chi connectivity index (χ3n) is 2.02. The molecule has 0 spiro atoms. The third kappa shape index (κ3) is 4.87. The zero-order valence-corrected chi connectivity index (χ0v) is 10.8. The Hall–Kier alpha value is -1.55. The second-order valence-electron chi connectivity index (χ2n) is 5.04. The highest BCUT2D eigenvalue weighted by Gasteiger charge is 2.16. The van der Waals surface area contributed by atoms with Gasteiger partial charge in [-0.3, -0.25) is 5.32 Å². The summed E-state index contributed by atoms with van der Waals surface area (Å²) in [4.78, 5) is 11.6. The average Bonchev–Trinajstić information content (AvgIpc) is 2.13. The van der Waals surface area contributed by atoms with Gasteiger partial charge in [-0.1, -0.05) is 6.07 Å². The van der Waals surface area contributed by atoms with Crippen LogP contribution >= 0.6 is 0 Å². The molecular weight excluding hydrogens is 216 g/mol. The maximum absolute atomic E-state index is 11.6. The minimum Gasteiger partial charge on any atom is -0.444 e. The second kappa shape index (κ2) is 5.19. The minimum atomic E-state index is -0.495. The summed E-state index contributed by atoms with van der Waals surface area (Å²) in [6.45, 7) is 7.89. The highest BCUT2D eigenvalue weighted by atomic mass is 16.6. The van der Waals surface area contributed by atoms with Crippen LogP contribution in [0.25, 0.3) is 0 Å². The maximum Gasteiger partial charge on any atom is 0.412 e. The Labute approximate surface area is 102 Å². The summed E-state index contributed by atoms with van der Waals surface area (Å²) in [6, 6.07) is 5.71. The Balaban J connectivity index is 2.74. The van der Waals surface area contributed by atoms with Crippen LogP contribution in [0.3, 0.4) is 0 Å². The molecule has 0 fully saturated rings. The lowest BCUT2D eigenvalue weighted by Crippen LogP contribution is -2.27. The van der Waals surface area contributed by atoms with Gasteiger partial charge in [0.15, 0.2) is 0 Å². The fourth-order valence-electron chi connectivity index (χ4n) is 1.47. The van der Waals surface area contributed by atoms with Crippen LogP contribution in [0.1, 0.15) is 31.9 Å². The molecule has 0 heterocycles. The molecule has 0 saturated carbocycles. The number of amides is 1. The number of hydrogen-bond donors (Lipinski definition) is 2. The van der Waals surface area contributed by atoms with E-state index in [2.05, 4.69) is 5.32 Å². The molecule has 0 aliphatic heterocycles. The molecule has 1 aromatic carbocycles. The molecule has 0 aromatic heterocycles. The first-order chi connectivity index (χ1) is 7.80. The van der Waals surface area contributed by atoms with Gasteiger partial charge in [-0.25, -0.2) is 4.79 Å². The number of carbonyl (C=O) groups excluding carboxylic acids is 1. The number of rotatable bonds is 2. The largest absolute Gasteiger partial charge is 0.444 e. The molecule has 1 rings (SSSR count). The van der Waals surface area contributed by atoms with Gasteiger partial charge in [0.25, 0.3) is 0 Å². The van der Waals surface area contributed by atoms with Gasteiger partial charge in [-0.15, -0.1) is 0 Å². The summed E-state index contributed by atoms with van der Waals surface area (Å²) < 4.78 is 5.17. The minimum absolute atomic E-state index is 0.449. The Kier molecular flexibility index (Phi) is 4.12. The van der Waals surface area contributed by atoms with Crippen molar-refractivity contribution in [3.63, 3.8) is 0 Å². The summed E-state index contributed by atoms with van der Waals surface area (Å²) in [5.74, 6) is 0.